The lowest BCUT2D eigenvalue weighted by atomic mass is 10.1. The van der Waals surface area contributed by atoms with Crippen molar-refractivity contribution in [1.29, 1.82) is 0 Å². The number of esters is 1. The van der Waals surface area contributed by atoms with Crippen molar-refractivity contribution in [3.8, 4) is 0 Å². The Morgan fingerprint density at radius 1 is 1.07 bits per heavy atom. The van der Waals surface area contributed by atoms with E-state index in [1.54, 1.807) is 24.3 Å². The van der Waals surface area contributed by atoms with Crippen molar-refractivity contribution in [3.63, 3.8) is 0 Å². The van der Waals surface area contributed by atoms with E-state index in [4.69, 9.17) is 4.74 Å². The van der Waals surface area contributed by atoms with Crippen molar-refractivity contribution >= 4 is 45.3 Å². The van der Waals surface area contributed by atoms with Gasteiger partial charge in [-0.1, -0.05) is 48.5 Å². The number of thioether (sulfide) groups is 1. The summed E-state index contributed by atoms with van der Waals surface area (Å²) in [5.74, 6) is -0.771. The first-order chi connectivity index (χ1) is 14.1. The van der Waals surface area contributed by atoms with Gasteiger partial charge in [-0.05, 0) is 40.9 Å². The van der Waals surface area contributed by atoms with Crippen LogP contribution in [0.2, 0.25) is 0 Å². The number of amides is 2. The summed E-state index contributed by atoms with van der Waals surface area (Å²) in [5.41, 5.74) is 1.86. The van der Waals surface area contributed by atoms with Crippen LogP contribution in [-0.2, 0) is 16.1 Å². The predicted molar refractivity (Wildman–Crippen MR) is 113 cm³/mol. The summed E-state index contributed by atoms with van der Waals surface area (Å²) in [6.45, 7) is 0.100. The first-order valence-corrected chi connectivity index (χ1v) is 9.88. The Bertz CT molecular complexity index is 1110. The average Bonchev–Trinajstić information content (AvgIpc) is 3.01. The lowest BCUT2D eigenvalue weighted by Crippen LogP contribution is -2.34. The van der Waals surface area contributed by atoms with Gasteiger partial charge in [0.05, 0.1) is 19.2 Å². The second-order valence-electron chi connectivity index (χ2n) is 6.55. The summed E-state index contributed by atoms with van der Waals surface area (Å²) in [4.78, 5) is 38.2. The highest BCUT2D eigenvalue weighted by molar-refractivity contribution is 8.15. The number of methoxy groups -OCH3 is 1. The Hall–Kier alpha value is -3.32. The van der Waals surface area contributed by atoms with Crippen molar-refractivity contribution in [2.45, 2.75) is 11.9 Å². The zero-order valence-corrected chi connectivity index (χ0v) is 16.4. The fraction of sp³-hybridized carbons (Fsp3) is 0.136. The number of imide groups is 1. The van der Waals surface area contributed by atoms with Gasteiger partial charge < -0.3 is 10.1 Å². The van der Waals surface area contributed by atoms with Crippen molar-refractivity contribution in [2.24, 2.45) is 0 Å². The number of carbonyl (C=O) groups is 3. The number of nitrogens with one attached hydrogen (secondary N) is 1. The number of nitrogens with zero attached hydrogens (tertiary/aromatic N) is 1. The molecule has 0 radical (unpaired) electrons. The van der Waals surface area contributed by atoms with Gasteiger partial charge in [-0.3, -0.25) is 14.5 Å². The summed E-state index contributed by atoms with van der Waals surface area (Å²) in [5, 5.41) is 4.21. The second kappa shape index (κ2) is 7.97. The maximum Gasteiger partial charge on any atom is 0.337 e. The maximum atomic E-state index is 12.9. The minimum atomic E-state index is -0.697. The number of hydrogen-bond donors (Lipinski definition) is 1. The molecule has 1 aliphatic rings. The third-order valence-electron chi connectivity index (χ3n) is 4.69. The smallest absolute Gasteiger partial charge is 0.337 e. The van der Waals surface area contributed by atoms with Gasteiger partial charge in [0, 0.05) is 11.1 Å². The van der Waals surface area contributed by atoms with Crippen molar-refractivity contribution < 1.29 is 19.1 Å². The molecule has 3 aromatic rings. The van der Waals surface area contributed by atoms with Crippen LogP contribution in [0.3, 0.4) is 0 Å². The number of fused-ring (bicyclic) bond motifs is 1. The number of rotatable bonds is 5. The van der Waals surface area contributed by atoms with Gasteiger partial charge in [-0.2, -0.15) is 0 Å². The van der Waals surface area contributed by atoms with E-state index in [2.05, 4.69) is 5.32 Å². The Morgan fingerprint density at radius 2 is 1.83 bits per heavy atom. The zero-order valence-electron chi connectivity index (χ0n) is 15.6. The Balaban J connectivity index is 1.53. The van der Waals surface area contributed by atoms with Crippen LogP contribution in [-0.4, -0.2) is 34.5 Å². The molecule has 0 saturated carbocycles. The molecule has 1 aliphatic heterocycles. The van der Waals surface area contributed by atoms with E-state index in [0.717, 1.165) is 28.2 Å². The highest BCUT2D eigenvalue weighted by atomic mass is 32.2. The van der Waals surface area contributed by atoms with Crippen LogP contribution in [0.5, 0.6) is 0 Å². The van der Waals surface area contributed by atoms with Crippen LogP contribution >= 0.6 is 11.8 Å². The van der Waals surface area contributed by atoms with Crippen molar-refractivity contribution in [3.05, 3.63) is 77.9 Å². The molecule has 1 saturated heterocycles. The predicted octanol–water partition coefficient (Wildman–Crippen LogP) is 4.26. The summed E-state index contributed by atoms with van der Waals surface area (Å²) in [6.07, 6.45) is 0. The number of hydrogen-bond acceptors (Lipinski definition) is 6. The van der Waals surface area contributed by atoms with Crippen LogP contribution < -0.4 is 5.32 Å². The van der Waals surface area contributed by atoms with Gasteiger partial charge in [-0.15, -0.1) is 0 Å². The second-order valence-corrected chi connectivity index (χ2v) is 7.61. The molecule has 1 atom stereocenters. The molecule has 3 aromatic carbocycles. The third-order valence-corrected chi connectivity index (χ3v) is 5.67. The molecule has 0 bridgehead atoms. The largest absolute Gasteiger partial charge is 0.465 e. The number of benzene rings is 3. The fourth-order valence-electron chi connectivity index (χ4n) is 3.27. The highest BCUT2D eigenvalue weighted by Gasteiger charge is 2.39. The standard InChI is InChI=1S/C22H18N2O4S/c1-28-21(26)16-9-4-6-14(12-16)13-24-20(25)19(29-22(24)27)23-18-11-5-8-15-7-2-3-10-17(15)18/h2-12,19,23H,13H2,1H3/t19-/m0/s1. The topological polar surface area (TPSA) is 75.7 Å². The Labute approximate surface area is 171 Å². The molecule has 1 fully saturated rings. The lowest BCUT2D eigenvalue weighted by molar-refractivity contribution is -0.126. The van der Waals surface area contributed by atoms with Gasteiger partial charge in [0.15, 0.2) is 5.37 Å². The molecule has 0 spiro atoms. The molecule has 0 unspecified atom stereocenters. The minimum absolute atomic E-state index is 0.100. The summed E-state index contributed by atoms with van der Waals surface area (Å²) in [7, 11) is 1.31. The Morgan fingerprint density at radius 3 is 2.66 bits per heavy atom. The number of anilines is 1. The third kappa shape index (κ3) is 3.82. The van der Waals surface area contributed by atoms with Gasteiger partial charge in [0.2, 0.25) is 0 Å². The molecule has 0 aromatic heterocycles. The van der Waals surface area contributed by atoms with Gasteiger partial charge in [0.25, 0.3) is 11.1 Å². The van der Waals surface area contributed by atoms with Crippen LogP contribution in [0.25, 0.3) is 10.8 Å². The van der Waals surface area contributed by atoms with Crippen LogP contribution in [0.15, 0.2) is 66.7 Å². The molecule has 7 heteroatoms. The van der Waals surface area contributed by atoms with Gasteiger partial charge in [0.1, 0.15) is 0 Å². The van der Waals surface area contributed by atoms with Crippen LogP contribution in [0.4, 0.5) is 10.5 Å². The maximum absolute atomic E-state index is 12.9. The quantitative estimate of drug-likeness (QED) is 0.638. The number of ether oxygens (including phenoxy) is 1. The van der Waals surface area contributed by atoms with E-state index in [1.807, 2.05) is 42.5 Å². The monoisotopic (exact) mass is 406 g/mol. The molecular formula is C22H18N2O4S. The van der Waals surface area contributed by atoms with E-state index < -0.39 is 11.3 Å². The zero-order chi connectivity index (χ0) is 20.4. The normalized spacial score (nSPS) is 16.3. The molecule has 29 heavy (non-hydrogen) atoms. The van der Waals surface area contributed by atoms with Crippen molar-refractivity contribution in [1.82, 2.24) is 4.90 Å². The summed E-state index contributed by atoms with van der Waals surface area (Å²) >= 11 is 0.954. The molecule has 0 aliphatic carbocycles. The minimum Gasteiger partial charge on any atom is -0.465 e. The molecule has 2 amide bonds. The van der Waals surface area contributed by atoms with E-state index in [1.165, 1.54) is 12.0 Å². The number of carbonyl (C=O) groups excluding carboxylic acids is 3. The van der Waals surface area contributed by atoms with Gasteiger partial charge >= 0.3 is 5.97 Å². The van der Waals surface area contributed by atoms with E-state index in [0.29, 0.717) is 11.1 Å². The molecule has 1 N–H and O–H groups in total. The first kappa shape index (κ1) is 19.0. The van der Waals surface area contributed by atoms with Gasteiger partial charge in [-0.25, -0.2) is 4.79 Å². The van der Waals surface area contributed by atoms with Crippen molar-refractivity contribution in [2.75, 3.05) is 12.4 Å². The average molecular weight is 406 g/mol. The molecule has 4 rings (SSSR count). The van der Waals surface area contributed by atoms with Crippen LogP contribution in [0.1, 0.15) is 15.9 Å². The summed E-state index contributed by atoms with van der Waals surface area (Å²) < 4.78 is 4.72. The van der Waals surface area contributed by atoms with E-state index >= 15 is 0 Å². The summed E-state index contributed by atoms with van der Waals surface area (Å²) in [6, 6.07) is 20.4. The first-order valence-electron chi connectivity index (χ1n) is 9.00. The van der Waals surface area contributed by atoms with Crippen LogP contribution in [0, 0.1) is 0 Å². The Kier molecular flexibility index (Phi) is 5.22. The molecule has 1 heterocycles. The SMILES string of the molecule is COC(=O)c1cccc(CN2C(=O)S[C@H](Nc3cccc4ccccc34)C2=O)c1. The molecular weight excluding hydrogens is 388 g/mol. The molecule has 146 valence electrons. The fourth-order valence-corrected chi connectivity index (χ4v) is 4.17. The highest BCUT2D eigenvalue weighted by Crippen LogP contribution is 2.32. The van der Waals surface area contributed by atoms with E-state index in [9.17, 15) is 14.4 Å². The lowest BCUT2D eigenvalue weighted by Gasteiger charge is -2.16. The van der Waals surface area contributed by atoms with E-state index in [-0.39, 0.29) is 17.7 Å². The molecule has 6 nitrogen and oxygen atoms in total.